The van der Waals surface area contributed by atoms with Gasteiger partial charge in [-0.1, -0.05) is 53.0 Å². The summed E-state index contributed by atoms with van der Waals surface area (Å²) in [4.78, 5) is 10.5. The number of rotatable bonds is 6. The van der Waals surface area contributed by atoms with Gasteiger partial charge in [0.05, 0.1) is 0 Å². The highest BCUT2D eigenvalue weighted by molar-refractivity contribution is 5.86. The molecule has 0 aromatic carbocycles. The Bertz CT molecular complexity index is 130. The van der Waals surface area contributed by atoms with E-state index in [9.17, 15) is 4.79 Å². The molecule has 0 aromatic heterocycles. The van der Waals surface area contributed by atoms with Gasteiger partial charge in [-0.2, -0.15) is 0 Å². The third kappa shape index (κ3) is 17.3. The summed E-state index contributed by atoms with van der Waals surface area (Å²) in [5, 5.41) is 2.71. The Balaban J connectivity index is 0. The van der Waals surface area contributed by atoms with Crippen LogP contribution in [0.2, 0.25) is 0 Å². The molecule has 84 valence electrons. The smallest absolute Gasteiger partial charge is 0.243 e. The fourth-order valence-electron chi connectivity index (χ4n) is 0.659. The first-order valence-corrected chi connectivity index (χ1v) is 5.63. The minimum atomic E-state index is -0.0731. The molecular formula is C12H25NO. The zero-order chi connectivity index (χ0) is 11.2. The van der Waals surface area contributed by atoms with Crippen LogP contribution in [-0.4, -0.2) is 12.5 Å². The predicted molar refractivity (Wildman–Crippen MR) is 63.3 cm³/mol. The van der Waals surface area contributed by atoms with Gasteiger partial charge < -0.3 is 5.32 Å². The van der Waals surface area contributed by atoms with Gasteiger partial charge in [0, 0.05) is 6.54 Å². The van der Waals surface area contributed by atoms with Crippen LogP contribution in [0, 0.1) is 0 Å². The van der Waals surface area contributed by atoms with Gasteiger partial charge in [0.15, 0.2) is 0 Å². The van der Waals surface area contributed by atoms with Crippen molar-refractivity contribution in [2.75, 3.05) is 6.54 Å². The Morgan fingerprint density at radius 2 is 1.71 bits per heavy atom. The fraction of sp³-hybridized carbons (Fsp3) is 0.750. The molecule has 2 heteroatoms. The fourth-order valence-corrected chi connectivity index (χ4v) is 0.659. The van der Waals surface area contributed by atoms with Crippen LogP contribution in [0.25, 0.3) is 0 Å². The second-order valence-corrected chi connectivity index (χ2v) is 3.20. The number of carbonyl (C=O) groups excluding carboxylic acids is 1. The van der Waals surface area contributed by atoms with Crippen molar-refractivity contribution in [3.05, 3.63) is 12.7 Å². The molecule has 0 radical (unpaired) electrons. The average molecular weight is 199 g/mol. The molecule has 14 heavy (non-hydrogen) atoms. The number of hydrogen-bond donors (Lipinski definition) is 1. The highest BCUT2D eigenvalue weighted by Crippen LogP contribution is 1.90. The number of unbranched alkanes of at least 4 members (excludes halogenated alkanes) is 3. The van der Waals surface area contributed by atoms with Gasteiger partial charge in [-0.15, -0.1) is 0 Å². The Kier molecular flexibility index (Phi) is 16.5. The van der Waals surface area contributed by atoms with E-state index in [2.05, 4.69) is 32.7 Å². The summed E-state index contributed by atoms with van der Waals surface area (Å²) in [6.45, 7) is 10.6. The highest BCUT2D eigenvalue weighted by atomic mass is 16.1. The summed E-state index contributed by atoms with van der Waals surface area (Å²) in [5.41, 5.74) is 0. The van der Waals surface area contributed by atoms with Crippen molar-refractivity contribution in [2.45, 2.75) is 52.9 Å². The van der Waals surface area contributed by atoms with E-state index in [0.717, 1.165) is 13.0 Å². The largest absolute Gasteiger partial charge is 0.353 e. The van der Waals surface area contributed by atoms with Crippen LogP contribution in [0.15, 0.2) is 12.7 Å². The minimum absolute atomic E-state index is 0.0731. The van der Waals surface area contributed by atoms with E-state index in [-0.39, 0.29) is 5.91 Å². The summed E-state index contributed by atoms with van der Waals surface area (Å²) in [6.07, 6.45) is 7.36. The van der Waals surface area contributed by atoms with E-state index in [1.807, 2.05) is 0 Å². The molecular weight excluding hydrogens is 174 g/mol. The normalized spacial score (nSPS) is 8.50. The van der Waals surface area contributed by atoms with E-state index in [4.69, 9.17) is 0 Å². The van der Waals surface area contributed by atoms with Crippen LogP contribution in [0.1, 0.15) is 52.9 Å². The first-order chi connectivity index (χ1) is 6.72. The molecule has 0 aliphatic heterocycles. The van der Waals surface area contributed by atoms with Crippen LogP contribution >= 0.6 is 0 Å². The van der Waals surface area contributed by atoms with E-state index in [0.29, 0.717) is 0 Å². The molecule has 0 heterocycles. The Labute approximate surface area is 88.8 Å². The summed E-state index contributed by atoms with van der Waals surface area (Å²) in [6, 6.07) is 0. The molecule has 0 saturated heterocycles. The molecule has 0 spiro atoms. The molecule has 0 unspecified atom stereocenters. The standard InChI is InChI=1S/C8H15NO.C4H10/c1-3-5-6-7-9-8(10)4-2;1-3-4-2/h4H,2-3,5-7H2,1H3,(H,9,10);3-4H2,1-2H3. The van der Waals surface area contributed by atoms with Crippen molar-refractivity contribution < 1.29 is 4.79 Å². The average Bonchev–Trinajstić information content (AvgIpc) is 2.24. The Morgan fingerprint density at radius 1 is 1.14 bits per heavy atom. The van der Waals surface area contributed by atoms with Gasteiger partial charge in [0.1, 0.15) is 0 Å². The quantitative estimate of drug-likeness (QED) is 0.516. The van der Waals surface area contributed by atoms with Crippen molar-refractivity contribution in [2.24, 2.45) is 0 Å². The molecule has 0 bridgehead atoms. The molecule has 0 rings (SSSR count). The summed E-state index contributed by atoms with van der Waals surface area (Å²) >= 11 is 0. The second-order valence-electron chi connectivity index (χ2n) is 3.20. The molecule has 1 N–H and O–H groups in total. The van der Waals surface area contributed by atoms with Crippen LogP contribution in [-0.2, 0) is 4.79 Å². The molecule has 0 fully saturated rings. The van der Waals surface area contributed by atoms with Gasteiger partial charge in [-0.25, -0.2) is 0 Å². The molecule has 0 atom stereocenters. The highest BCUT2D eigenvalue weighted by Gasteiger charge is 1.90. The van der Waals surface area contributed by atoms with Gasteiger partial charge in [-0.3, -0.25) is 4.79 Å². The summed E-state index contributed by atoms with van der Waals surface area (Å²) in [5.74, 6) is -0.0731. The zero-order valence-electron chi connectivity index (χ0n) is 9.94. The van der Waals surface area contributed by atoms with E-state index in [1.165, 1.54) is 31.8 Å². The summed E-state index contributed by atoms with van der Waals surface area (Å²) < 4.78 is 0. The van der Waals surface area contributed by atoms with Crippen molar-refractivity contribution in [1.29, 1.82) is 0 Å². The molecule has 0 aromatic rings. The minimum Gasteiger partial charge on any atom is -0.353 e. The maximum atomic E-state index is 10.5. The third-order valence-corrected chi connectivity index (χ3v) is 1.76. The van der Waals surface area contributed by atoms with Crippen LogP contribution in [0.4, 0.5) is 0 Å². The van der Waals surface area contributed by atoms with Gasteiger partial charge in [0.25, 0.3) is 0 Å². The van der Waals surface area contributed by atoms with E-state index < -0.39 is 0 Å². The lowest BCUT2D eigenvalue weighted by molar-refractivity contribution is -0.116. The molecule has 0 aliphatic rings. The lowest BCUT2D eigenvalue weighted by Crippen LogP contribution is -2.21. The van der Waals surface area contributed by atoms with Gasteiger partial charge in [0.2, 0.25) is 5.91 Å². The Morgan fingerprint density at radius 3 is 2.07 bits per heavy atom. The lowest BCUT2D eigenvalue weighted by atomic mass is 10.2. The maximum absolute atomic E-state index is 10.5. The van der Waals surface area contributed by atoms with Crippen molar-refractivity contribution >= 4 is 5.91 Å². The monoisotopic (exact) mass is 199 g/mol. The third-order valence-electron chi connectivity index (χ3n) is 1.76. The molecule has 1 amide bonds. The van der Waals surface area contributed by atoms with Crippen molar-refractivity contribution in [3.63, 3.8) is 0 Å². The van der Waals surface area contributed by atoms with Crippen LogP contribution in [0.5, 0.6) is 0 Å². The molecule has 0 aliphatic carbocycles. The first kappa shape index (κ1) is 15.7. The van der Waals surface area contributed by atoms with Gasteiger partial charge >= 0.3 is 0 Å². The lowest BCUT2D eigenvalue weighted by Gasteiger charge is -1.98. The van der Waals surface area contributed by atoms with E-state index >= 15 is 0 Å². The van der Waals surface area contributed by atoms with Gasteiger partial charge in [-0.05, 0) is 12.5 Å². The number of amides is 1. The Hall–Kier alpha value is -0.790. The topological polar surface area (TPSA) is 29.1 Å². The van der Waals surface area contributed by atoms with Crippen LogP contribution in [0.3, 0.4) is 0 Å². The number of carbonyl (C=O) groups is 1. The zero-order valence-corrected chi connectivity index (χ0v) is 9.94. The predicted octanol–water partition coefficient (Wildman–Crippen LogP) is 3.29. The molecule has 0 saturated carbocycles. The van der Waals surface area contributed by atoms with Crippen molar-refractivity contribution in [3.8, 4) is 0 Å². The maximum Gasteiger partial charge on any atom is 0.243 e. The van der Waals surface area contributed by atoms with E-state index in [1.54, 1.807) is 0 Å². The molecule has 2 nitrogen and oxygen atoms in total. The SMILES string of the molecule is C=CC(=O)NCCCCC.CCCC. The number of hydrogen-bond acceptors (Lipinski definition) is 1. The summed E-state index contributed by atoms with van der Waals surface area (Å²) in [7, 11) is 0. The van der Waals surface area contributed by atoms with Crippen LogP contribution < -0.4 is 5.32 Å². The second kappa shape index (κ2) is 14.7. The number of nitrogens with one attached hydrogen (secondary N) is 1. The first-order valence-electron chi connectivity index (χ1n) is 5.63. The van der Waals surface area contributed by atoms with Crippen molar-refractivity contribution in [1.82, 2.24) is 5.32 Å².